The molecule has 128 valence electrons. The molecule has 1 fully saturated rings. The van der Waals surface area contributed by atoms with Gasteiger partial charge in [0, 0.05) is 0 Å². The molecule has 2 heteroatoms. The van der Waals surface area contributed by atoms with Crippen LogP contribution in [0.15, 0.2) is 42.5 Å². The first kappa shape index (κ1) is 16.9. The van der Waals surface area contributed by atoms with Crippen LogP contribution in [0.5, 0.6) is 11.5 Å². The lowest BCUT2D eigenvalue weighted by atomic mass is 9.97. The van der Waals surface area contributed by atoms with Crippen molar-refractivity contribution in [1.82, 2.24) is 0 Å². The van der Waals surface area contributed by atoms with Crippen molar-refractivity contribution in [3.05, 3.63) is 59.2 Å². The van der Waals surface area contributed by atoms with E-state index in [-0.39, 0.29) is 0 Å². The van der Waals surface area contributed by atoms with Crippen LogP contribution >= 0.6 is 0 Å². The van der Waals surface area contributed by atoms with Crippen LogP contribution in [0.4, 0.5) is 0 Å². The predicted molar refractivity (Wildman–Crippen MR) is 99.1 cm³/mol. The zero-order valence-corrected chi connectivity index (χ0v) is 14.9. The van der Waals surface area contributed by atoms with Crippen molar-refractivity contribution in [2.75, 3.05) is 7.11 Å². The van der Waals surface area contributed by atoms with Crippen LogP contribution in [0.25, 0.3) is 0 Å². The number of rotatable bonds is 7. The summed E-state index contributed by atoms with van der Waals surface area (Å²) in [7, 11) is 1.74. The van der Waals surface area contributed by atoms with E-state index in [2.05, 4.69) is 49.4 Å². The van der Waals surface area contributed by atoms with Gasteiger partial charge in [0.1, 0.15) is 0 Å². The monoisotopic (exact) mass is 324 g/mol. The molecular formula is C22H28O2. The highest BCUT2D eigenvalue weighted by Crippen LogP contribution is 2.35. The third kappa shape index (κ3) is 4.11. The van der Waals surface area contributed by atoms with Gasteiger partial charge in [-0.1, -0.05) is 37.3 Å². The van der Waals surface area contributed by atoms with Crippen LogP contribution in [0, 0.1) is 0 Å². The van der Waals surface area contributed by atoms with Crippen LogP contribution in [-0.4, -0.2) is 13.2 Å². The van der Waals surface area contributed by atoms with Crippen LogP contribution in [0.2, 0.25) is 0 Å². The van der Waals surface area contributed by atoms with Crippen LogP contribution in [0.1, 0.15) is 49.3 Å². The van der Waals surface area contributed by atoms with Gasteiger partial charge in [-0.3, -0.25) is 0 Å². The molecule has 0 amide bonds. The van der Waals surface area contributed by atoms with Gasteiger partial charge in [0.15, 0.2) is 11.5 Å². The van der Waals surface area contributed by atoms with Crippen LogP contribution < -0.4 is 9.47 Å². The number of ether oxygens (including phenoxy) is 2. The van der Waals surface area contributed by atoms with Crippen molar-refractivity contribution in [2.24, 2.45) is 0 Å². The minimum atomic E-state index is 0.360. The summed E-state index contributed by atoms with van der Waals surface area (Å²) in [5, 5.41) is 0. The Balaban J connectivity index is 1.78. The molecular weight excluding hydrogens is 296 g/mol. The van der Waals surface area contributed by atoms with Gasteiger partial charge in [0.2, 0.25) is 0 Å². The Morgan fingerprint density at radius 1 is 0.917 bits per heavy atom. The molecule has 1 aliphatic carbocycles. The molecule has 0 heterocycles. The highest BCUT2D eigenvalue weighted by molar-refractivity contribution is 5.48. The van der Waals surface area contributed by atoms with E-state index >= 15 is 0 Å². The van der Waals surface area contributed by atoms with E-state index in [1.807, 2.05) is 0 Å². The van der Waals surface area contributed by atoms with Crippen molar-refractivity contribution in [3.8, 4) is 11.5 Å². The number of hydrogen-bond acceptors (Lipinski definition) is 2. The molecule has 2 aromatic carbocycles. The molecule has 3 rings (SSSR count). The number of hydrogen-bond donors (Lipinski definition) is 0. The molecule has 2 aromatic rings. The fourth-order valence-corrected chi connectivity index (χ4v) is 3.57. The Labute approximate surface area is 145 Å². The number of methoxy groups -OCH3 is 1. The van der Waals surface area contributed by atoms with Gasteiger partial charge in [-0.15, -0.1) is 0 Å². The van der Waals surface area contributed by atoms with E-state index in [9.17, 15) is 0 Å². The molecule has 0 aromatic heterocycles. The second-order valence-electron chi connectivity index (χ2n) is 6.64. The van der Waals surface area contributed by atoms with Crippen LogP contribution in [-0.2, 0) is 19.3 Å². The molecule has 2 nitrogen and oxygen atoms in total. The second-order valence-corrected chi connectivity index (χ2v) is 6.64. The quantitative estimate of drug-likeness (QED) is 0.682. The lowest BCUT2D eigenvalue weighted by Crippen LogP contribution is -2.12. The fourth-order valence-electron chi connectivity index (χ4n) is 3.57. The molecule has 1 saturated carbocycles. The molecule has 24 heavy (non-hydrogen) atoms. The lowest BCUT2D eigenvalue weighted by Gasteiger charge is -2.19. The van der Waals surface area contributed by atoms with Gasteiger partial charge in [-0.05, 0) is 73.8 Å². The van der Waals surface area contributed by atoms with Gasteiger partial charge < -0.3 is 9.47 Å². The van der Waals surface area contributed by atoms with Gasteiger partial charge in [0.05, 0.1) is 13.2 Å². The van der Waals surface area contributed by atoms with E-state index in [4.69, 9.17) is 9.47 Å². The number of benzene rings is 2. The maximum atomic E-state index is 6.23. The summed E-state index contributed by atoms with van der Waals surface area (Å²) in [4.78, 5) is 0. The largest absolute Gasteiger partial charge is 0.493 e. The predicted octanol–water partition coefficient (Wildman–Crippen LogP) is 5.36. The van der Waals surface area contributed by atoms with E-state index in [1.54, 1.807) is 7.11 Å². The summed E-state index contributed by atoms with van der Waals surface area (Å²) < 4.78 is 11.9. The normalized spacial score (nSPS) is 14.8. The zero-order valence-electron chi connectivity index (χ0n) is 14.9. The smallest absolute Gasteiger partial charge is 0.161 e. The average Bonchev–Trinajstić information content (AvgIpc) is 3.14. The Morgan fingerprint density at radius 2 is 1.62 bits per heavy atom. The maximum absolute atomic E-state index is 6.23. The maximum Gasteiger partial charge on any atom is 0.161 e. The van der Waals surface area contributed by atoms with E-state index in [1.165, 1.54) is 42.4 Å². The molecule has 0 unspecified atom stereocenters. The molecule has 0 radical (unpaired) electrons. The Hall–Kier alpha value is -1.96. The third-order valence-electron chi connectivity index (χ3n) is 4.99. The first-order valence-corrected chi connectivity index (χ1v) is 9.20. The Bertz CT molecular complexity index is 643. The van der Waals surface area contributed by atoms with Gasteiger partial charge >= 0.3 is 0 Å². The summed E-state index contributed by atoms with van der Waals surface area (Å²) in [5.74, 6) is 1.80. The van der Waals surface area contributed by atoms with E-state index < -0.39 is 0 Å². The van der Waals surface area contributed by atoms with Crippen molar-refractivity contribution >= 4 is 0 Å². The van der Waals surface area contributed by atoms with Crippen molar-refractivity contribution in [3.63, 3.8) is 0 Å². The summed E-state index contributed by atoms with van der Waals surface area (Å²) in [6.07, 6.45) is 8.37. The zero-order chi connectivity index (χ0) is 16.8. The fraction of sp³-hybridized carbons (Fsp3) is 0.455. The molecule has 0 N–H and O–H groups in total. The van der Waals surface area contributed by atoms with Crippen molar-refractivity contribution in [2.45, 2.75) is 58.0 Å². The minimum Gasteiger partial charge on any atom is -0.493 e. The van der Waals surface area contributed by atoms with Gasteiger partial charge in [-0.2, -0.15) is 0 Å². The van der Waals surface area contributed by atoms with E-state index in [0.717, 1.165) is 30.8 Å². The average molecular weight is 324 g/mol. The van der Waals surface area contributed by atoms with Gasteiger partial charge in [0.25, 0.3) is 0 Å². The Kier molecular flexibility index (Phi) is 5.79. The summed E-state index contributed by atoms with van der Waals surface area (Å²) in [5.41, 5.74) is 4.13. The molecule has 0 spiro atoms. The summed E-state index contributed by atoms with van der Waals surface area (Å²) in [6, 6.07) is 15.1. The number of aryl methyl sites for hydroxylation is 3. The van der Waals surface area contributed by atoms with E-state index in [0.29, 0.717) is 6.10 Å². The first-order valence-electron chi connectivity index (χ1n) is 9.20. The summed E-state index contributed by atoms with van der Waals surface area (Å²) >= 11 is 0. The SMILES string of the molecule is CCc1cc(OC2CCCC2)c(OC)cc1CCc1ccccc1. The highest BCUT2D eigenvalue weighted by atomic mass is 16.5. The molecule has 0 bridgehead atoms. The molecule has 0 atom stereocenters. The molecule has 0 aliphatic heterocycles. The molecule has 1 aliphatic rings. The Morgan fingerprint density at radius 3 is 2.29 bits per heavy atom. The first-order chi connectivity index (χ1) is 11.8. The molecule has 0 saturated heterocycles. The third-order valence-corrected chi connectivity index (χ3v) is 4.99. The summed E-state index contributed by atoms with van der Waals surface area (Å²) in [6.45, 7) is 2.22. The standard InChI is InChI=1S/C22H28O2/c1-3-18-15-22(24-20-11-7-8-12-20)21(23-2)16-19(18)14-13-17-9-5-4-6-10-17/h4-6,9-10,15-16,20H,3,7-8,11-14H2,1-2H3. The lowest BCUT2D eigenvalue weighted by molar-refractivity contribution is 0.200. The van der Waals surface area contributed by atoms with Crippen molar-refractivity contribution < 1.29 is 9.47 Å². The van der Waals surface area contributed by atoms with Gasteiger partial charge in [-0.25, -0.2) is 0 Å². The van der Waals surface area contributed by atoms with Crippen molar-refractivity contribution in [1.29, 1.82) is 0 Å². The minimum absolute atomic E-state index is 0.360. The second kappa shape index (κ2) is 8.23. The highest BCUT2D eigenvalue weighted by Gasteiger charge is 2.19. The topological polar surface area (TPSA) is 18.5 Å². The van der Waals surface area contributed by atoms with Crippen LogP contribution in [0.3, 0.4) is 0 Å².